The van der Waals surface area contributed by atoms with Crippen LogP contribution in [0.5, 0.6) is 0 Å². The van der Waals surface area contributed by atoms with E-state index in [0.29, 0.717) is 0 Å². The lowest BCUT2D eigenvalue weighted by Crippen LogP contribution is -2.40. The van der Waals surface area contributed by atoms with Gasteiger partial charge >= 0.3 is 0 Å². The van der Waals surface area contributed by atoms with Crippen LogP contribution >= 0.6 is 35.3 Å². The zero-order valence-electron chi connectivity index (χ0n) is 11.9. The Morgan fingerprint density at radius 3 is 2.89 bits per heavy atom. The number of halogens is 1. The van der Waals surface area contributed by atoms with Crippen LogP contribution in [0.1, 0.15) is 18.2 Å². The summed E-state index contributed by atoms with van der Waals surface area (Å²) in [4.78, 5) is 7.89. The van der Waals surface area contributed by atoms with E-state index in [-0.39, 0.29) is 24.0 Å². The van der Waals surface area contributed by atoms with Gasteiger partial charge in [-0.15, -0.1) is 35.3 Å². The Balaban J connectivity index is 0.00000324. The number of hydrogen-bond donors (Lipinski definition) is 1. The average Bonchev–Trinajstić information content (AvgIpc) is 2.89. The summed E-state index contributed by atoms with van der Waals surface area (Å²) in [6.45, 7) is 3.96. The molecule has 1 aromatic rings. The molecule has 1 aromatic heterocycles. The topological polar surface area (TPSA) is 27.6 Å². The number of guanidine groups is 1. The lowest BCUT2D eigenvalue weighted by Gasteiger charge is -2.21. The second kappa shape index (κ2) is 11.3. The number of likely N-dealkylation sites (N-methyl/N-ethyl adjacent to an activating group) is 1. The van der Waals surface area contributed by atoms with Crippen LogP contribution in [0.3, 0.4) is 0 Å². The number of nitrogens with one attached hydrogen (secondary N) is 1. The molecule has 0 aliphatic carbocycles. The highest BCUT2D eigenvalue weighted by Gasteiger charge is 2.05. The van der Waals surface area contributed by atoms with Crippen molar-refractivity contribution in [2.45, 2.75) is 19.8 Å². The third-order valence-electron chi connectivity index (χ3n) is 2.68. The highest BCUT2D eigenvalue weighted by molar-refractivity contribution is 14.0. The third-order valence-corrected chi connectivity index (χ3v) is 3.61. The molecule has 0 fully saturated rings. The molecular formula is C14H24IN3S. The fourth-order valence-corrected chi connectivity index (χ4v) is 2.36. The van der Waals surface area contributed by atoms with Crippen molar-refractivity contribution in [2.75, 3.05) is 27.2 Å². The van der Waals surface area contributed by atoms with Gasteiger partial charge in [0.1, 0.15) is 0 Å². The molecule has 0 aliphatic rings. The summed E-state index contributed by atoms with van der Waals surface area (Å²) in [5.41, 5.74) is 0. The standard InChI is InChI=1S/C14H23N3S.HI/c1-4-5-6-10-16-14(15-2)17(3)11-9-13-8-7-12-18-13;/h4-5,7-8,12H,6,9-11H2,1-3H3,(H,15,16);1H/b5-4+;. The van der Waals surface area contributed by atoms with Gasteiger partial charge in [-0.2, -0.15) is 0 Å². The van der Waals surface area contributed by atoms with E-state index in [0.717, 1.165) is 31.9 Å². The fraction of sp³-hybridized carbons (Fsp3) is 0.500. The number of hydrogen-bond acceptors (Lipinski definition) is 2. The molecule has 1 heterocycles. The molecule has 0 spiro atoms. The van der Waals surface area contributed by atoms with Crippen LogP contribution in [-0.2, 0) is 6.42 Å². The van der Waals surface area contributed by atoms with Gasteiger partial charge in [-0.1, -0.05) is 18.2 Å². The maximum absolute atomic E-state index is 4.30. The molecule has 1 N–H and O–H groups in total. The molecule has 0 aliphatic heterocycles. The van der Waals surface area contributed by atoms with Crippen molar-refractivity contribution in [3.63, 3.8) is 0 Å². The Kier molecular flexibility index (Phi) is 10.9. The normalized spacial score (nSPS) is 11.4. The first-order valence-corrected chi connectivity index (χ1v) is 7.21. The minimum Gasteiger partial charge on any atom is -0.356 e. The quantitative estimate of drug-likeness (QED) is 0.264. The summed E-state index contributed by atoms with van der Waals surface area (Å²) in [7, 11) is 3.91. The van der Waals surface area contributed by atoms with Crippen molar-refractivity contribution >= 4 is 41.3 Å². The van der Waals surface area contributed by atoms with Crippen molar-refractivity contribution in [3.05, 3.63) is 34.5 Å². The van der Waals surface area contributed by atoms with Gasteiger partial charge in [0.25, 0.3) is 0 Å². The lowest BCUT2D eigenvalue weighted by atomic mass is 10.3. The van der Waals surface area contributed by atoms with E-state index in [2.05, 4.69) is 51.9 Å². The first-order valence-electron chi connectivity index (χ1n) is 6.33. The summed E-state index contributed by atoms with van der Waals surface area (Å²) in [6, 6.07) is 4.28. The molecule has 0 bridgehead atoms. The third kappa shape index (κ3) is 7.57. The molecule has 108 valence electrons. The number of thiophene rings is 1. The van der Waals surface area contributed by atoms with Crippen molar-refractivity contribution in [1.29, 1.82) is 0 Å². The minimum absolute atomic E-state index is 0. The number of rotatable bonds is 6. The van der Waals surface area contributed by atoms with Gasteiger partial charge in [0.05, 0.1) is 0 Å². The Bertz CT molecular complexity index is 374. The Labute approximate surface area is 137 Å². The van der Waals surface area contributed by atoms with Crippen molar-refractivity contribution < 1.29 is 0 Å². The van der Waals surface area contributed by atoms with Crippen molar-refractivity contribution in [1.82, 2.24) is 10.2 Å². The van der Waals surface area contributed by atoms with Crippen LogP contribution in [0.2, 0.25) is 0 Å². The van der Waals surface area contributed by atoms with Crippen LogP contribution < -0.4 is 5.32 Å². The summed E-state index contributed by atoms with van der Waals surface area (Å²) in [5, 5.41) is 5.49. The molecular weight excluding hydrogens is 369 g/mol. The summed E-state index contributed by atoms with van der Waals surface area (Å²) in [6.07, 6.45) is 6.34. The maximum Gasteiger partial charge on any atom is 0.193 e. The molecule has 0 saturated carbocycles. The molecule has 0 unspecified atom stereocenters. The number of nitrogens with zero attached hydrogens (tertiary/aromatic N) is 2. The molecule has 0 atom stereocenters. The van der Waals surface area contributed by atoms with Gasteiger partial charge in [0, 0.05) is 32.1 Å². The molecule has 3 nitrogen and oxygen atoms in total. The molecule has 0 aromatic carbocycles. The van der Waals surface area contributed by atoms with Gasteiger partial charge in [0.2, 0.25) is 0 Å². The first kappa shape index (κ1) is 18.4. The van der Waals surface area contributed by atoms with Gasteiger partial charge in [-0.3, -0.25) is 4.99 Å². The SMILES string of the molecule is C/C=C/CCNC(=NC)N(C)CCc1cccs1.I. The first-order chi connectivity index (χ1) is 8.77. The Hall–Kier alpha value is -0.560. The van der Waals surface area contributed by atoms with Gasteiger partial charge in [-0.05, 0) is 31.2 Å². The fourth-order valence-electron chi connectivity index (χ4n) is 1.66. The predicted molar refractivity (Wildman–Crippen MR) is 96.9 cm³/mol. The van der Waals surface area contributed by atoms with Gasteiger partial charge in [-0.25, -0.2) is 0 Å². The van der Waals surface area contributed by atoms with Crippen LogP contribution in [0.4, 0.5) is 0 Å². The average molecular weight is 393 g/mol. The van der Waals surface area contributed by atoms with Crippen molar-refractivity contribution in [2.24, 2.45) is 4.99 Å². The molecule has 5 heteroatoms. The summed E-state index contributed by atoms with van der Waals surface area (Å²) < 4.78 is 0. The van der Waals surface area contributed by atoms with Crippen molar-refractivity contribution in [3.8, 4) is 0 Å². The summed E-state index contributed by atoms with van der Waals surface area (Å²) >= 11 is 1.81. The molecule has 0 radical (unpaired) electrons. The predicted octanol–water partition coefficient (Wildman–Crippen LogP) is 3.38. The van der Waals surface area contributed by atoms with E-state index in [1.807, 2.05) is 25.3 Å². The van der Waals surface area contributed by atoms with Gasteiger partial charge in [0.15, 0.2) is 5.96 Å². The maximum atomic E-state index is 4.30. The minimum atomic E-state index is 0. The highest BCUT2D eigenvalue weighted by atomic mass is 127. The highest BCUT2D eigenvalue weighted by Crippen LogP contribution is 2.09. The second-order valence-electron chi connectivity index (χ2n) is 4.08. The zero-order valence-corrected chi connectivity index (χ0v) is 15.1. The van der Waals surface area contributed by atoms with Crippen LogP contribution in [0, 0.1) is 0 Å². The number of aliphatic imine (C=N–C) groups is 1. The van der Waals surface area contributed by atoms with E-state index in [1.165, 1.54) is 4.88 Å². The monoisotopic (exact) mass is 393 g/mol. The summed E-state index contributed by atoms with van der Waals surface area (Å²) in [5.74, 6) is 0.969. The molecule has 0 saturated heterocycles. The molecule has 19 heavy (non-hydrogen) atoms. The molecule has 1 rings (SSSR count). The van der Waals surface area contributed by atoms with Crippen LogP contribution in [0.15, 0.2) is 34.7 Å². The van der Waals surface area contributed by atoms with Crippen LogP contribution in [-0.4, -0.2) is 38.0 Å². The Morgan fingerprint density at radius 2 is 2.32 bits per heavy atom. The Morgan fingerprint density at radius 1 is 1.53 bits per heavy atom. The second-order valence-corrected chi connectivity index (χ2v) is 5.11. The van der Waals surface area contributed by atoms with E-state index >= 15 is 0 Å². The van der Waals surface area contributed by atoms with Gasteiger partial charge < -0.3 is 10.2 Å². The van der Waals surface area contributed by atoms with E-state index in [1.54, 1.807) is 0 Å². The molecule has 0 amide bonds. The van der Waals surface area contributed by atoms with Crippen LogP contribution in [0.25, 0.3) is 0 Å². The van der Waals surface area contributed by atoms with E-state index in [4.69, 9.17) is 0 Å². The lowest BCUT2D eigenvalue weighted by molar-refractivity contribution is 0.487. The zero-order chi connectivity index (χ0) is 13.2. The number of allylic oxidation sites excluding steroid dienone is 1. The van der Waals surface area contributed by atoms with E-state index in [9.17, 15) is 0 Å². The van der Waals surface area contributed by atoms with E-state index < -0.39 is 0 Å². The smallest absolute Gasteiger partial charge is 0.193 e. The largest absolute Gasteiger partial charge is 0.356 e.